The Morgan fingerprint density at radius 2 is 1.94 bits per heavy atom. The minimum Gasteiger partial charge on any atom is -0.378 e. The lowest BCUT2D eigenvalue weighted by molar-refractivity contribution is 0.102. The number of aromatic nitrogens is 5. The summed E-state index contributed by atoms with van der Waals surface area (Å²) < 4.78 is 9.31. The molecule has 1 amide bonds. The van der Waals surface area contributed by atoms with Crippen molar-refractivity contribution in [2.45, 2.75) is 25.7 Å². The number of ether oxygens (including phenoxy) is 1. The molecule has 36 heavy (non-hydrogen) atoms. The third-order valence-electron chi connectivity index (χ3n) is 6.92. The third kappa shape index (κ3) is 4.37. The summed E-state index contributed by atoms with van der Waals surface area (Å²) in [5.41, 5.74) is 5.96. The molecule has 6 rings (SSSR count). The van der Waals surface area contributed by atoms with Crippen molar-refractivity contribution in [3.8, 4) is 17.1 Å². The average Bonchev–Trinajstić information content (AvgIpc) is 3.51. The number of carbonyl (C=O) groups excluding carboxylic acids is 1. The lowest BCUT2D eigenvalue weighted by atomic mass is 10.1. The van der Waals surface area contributed by atoms with Crippen LogP contribution in [0, 0.1) is 6.92 Å². The maximum Gasteiger partial charge on any atom is 0.255 e. The minimum atomic E-state index is -0.151. The summed E-state index contributed by atoms with van der Waals surface area (Å²) in [5, 5.41) is 11.8. The second-order valence-electron chi connectivity index (χ2n) is 9.49. The Morgan fingerprint density at radius 3 is 2.75 bits per heavy atom. The standard InChI is InChI=1S/C27H29N7O2/c1-18-6-9-21(29-27(35)20-4-3-5-22(14-20)33-10-12-36-13-11-33)15-24(18)34-17-23(30-31-34)25-16-28-26(32(25)2)19-7-8-19/h3-6,9,14-17,19H,7-8,10-13H2,1-2H3,(H,29,35). The number of benzene rings is 2. The first-order valence-electron chi connectivity index (χ1n) is 12.4. The van der Waals surface area contributed by atoms with Gasteiger partial charge in [0.2, 0.25) is 0 Å². The van der Waals surface area contributed by atoms with Gasteiger partial charge < -0.3 is 19.5 Å². The fraction of sp³-hybridized carbons (Fsp3) is 0.333. The van der Waals surface area contributed by atoms with E-state index in [0.29, 0.717) is 30.4 Å². The maximum absolute atomic E-state index is 13.1. The summed E-state index contributed by atoms with van der Waals surface area (Å²) in [6, 6.07) is 13.5. The SMILES string of the molecule is Cc1ccc(NC(=O)c2cccc(N3CCOCC3)c2)cc1-n1cc(-c2cnc(C3CC3)n2C)nn1. The predicted octanol–water partition coefficient (Wildman–Crippen LogP) is 3.94. The number of amides is 1. The zero-order chi connectivity index (χ0) is 24.6. The van der Waals surface area contributed by atoms with E-state index in [2.05, 4.69) is 30.1 Å². The third-order valence-corrected chi connectivity index (χ3v) is 6.92. The number of imidazole rings is 1. The number of hydrogen-bond acceptors (Lipinski definition) is 6. The van der Waals surface area contributed by atoms with Gasteiger partial charge >= 0.3 is 0 Å². The Bertz CT molecular complexity index is 1410. The highest BCUT2D eigenvalue weighted by Crippen LogP contribution is 2.40. The van der Waals surface area contributed by atoms with Crippen molar-refractivity contribution >= 4 is 17.3 Å². The Labute approximate surface area is 209 Å². The number of rotatable bonds is 6. The van der Waals surface area contributed by atoms with Gasteiger partial charge in [-0.05, 0) is 55.7 Å². The Morgan fingerprint density at radius 1 is 1.11 bits per heavy atom. The van der Waals surface area contributed by atoms with Gasteiger partial charge in [0.1, 0.15) is 11.5 Å². The first-order valence-corrected chi connectivity index (χ1v) is 12.4. The van der Waals surface area contributed by atoms with Gasteiger partial charge in [-0.2, -0.15) is 0 Å². The summed E-state index contributed by atoms with van der Waals surface area (Å²) in [5.74, 6) is 1.52. The zero-order valence-electron chi connectivity index (χ0n) is 20.5. The van der Waals surface area contributed by atoms with Gasteiger partial charge in [-0.1, -0.05) is 17.3 Å². The fourth-order valence-electron chi connectivity index (χ4n) is 4.68. The number of nitrogens with zero attached hydrogens (tertiary/aromatic N) is 6. The zero-order valence-corrected chi connectivity index (χ0v) is 20.5. The van der Waals surface area contributed by atoms with Crippen molar-refractivity contribution in [3.05, 3.63) is 71.8 Å². The Balaban J connectivity index is 1.22. The van der Waals surface area contributed by atoms with Gasteiger partial charge in [0.15, 0.2) is 0 Å². The van der Waals surface area contributed by atoms with Crippen LogP contribution in [0.15, 0.2) is 54.9 Å². The first kappa shape index (κ1) is 22.5. The highest BCUT2D eigenvalue weighted by molar-refractivity contribution is 6.05. The van der Waals surface area contributed by atoms with E-state index in [4.69, 9.17) is 4.74 Å². The molecule has 1 saturated carbocycles. The lowest BCUT2D eigenvalue weighted by Crippen LogP contribution is -2.36. The summed E-state index contributed by atoms with van der Waals surface area (Å²) >= 11 is 0. The number of hydrogen-bond donors (Lipinski definition) is 1. The highest BCUT2D eigenvalue weighted by Gasteiger charge is 2.29. The second-order valence-corrected chi connectivity index (χ2v) is 9.49. The molecule has 0 radical (unpaired) electrons. The number of aryl methyl sites for hydroxylation is 1. The van der Waals surface area contributed by atoms with Crippen LogP contribution in [0.4, 0.5) is 11.4 Å². The van der Waals surface area contributed by atoms with Crippen LogP contribution in [-0.2, 0) is 11.8 Å². The second kappa shape index (κ2) is 9.23. The molecule has 9 nitrogen and oxygen atoms in total. The normalized spacial score (nSPS) is 15.8. The number of carbonyl (C=O) groups is 1. The minimum absolute atomic E-state index is 0.151. The molecule has 0 spiro atoms. The molecule has 2 aromatic carbocycles. The molecule has 1 saturated heterocycles. The first-order chi connectivity index (χ1) is 17.6. The molecular weight excluding hydrogens is 454 g/mol. The van der Waals surface area contributed by atoms with Crippen LogP contribution < -0.4 is 10.2 Å². The van der Waals surface area contributed by atoms with E-state index in [1.807, 2.05) is 68.8 Å². The van der Waals surface area contributed by atoms with E-state index in [9.17, 15) is 4.79 Å². The van der Waals surface area contributed by atoms with Gasteiger partial charge in [0.25, 0.3) is 5.91 Å². The molecule has 3 heterocycles. The van der Waals surface area contributed by atoms with E-state index < -0.39 is 0 Å². The molecule has 184 valence electrons. The van der Waals surface area contributed by atoms with Crippen molar-refractivity contribution in [1.29, 1.82) is 0 Å². The molecule has 0 bridgehead atoms. The summed E-state index contributed by atoms with van der Waals surface area (Å²) in [6.07, 6.45) is 6.18. The Hall–Kier alpha value is -3.98. The molecular formula is C27H29N7O2. The van der Waals surface area contributed by atoms with Crippen LogP contribution in [0.25, 0.3) is 17.1 Å². The van der Waals surface area contributed by atoms with Gasteiger partial charge in [-0.15, -0.1) is 5.10 Å². The molecule has 9 heteroatoms. The van der Waals surface area contributed by atoms with Crippen molar-refractivity contribution < 1.29 is 9.53 Å². The molecule has 1 aliphatic carbocycles. The van der Waals surface area contributed by atoms with Crippen molar-refractivity contribution in [2.24, 2.45) is 7.05 Å². The van der Waals surface area contributed by atoms with Crippen molar-refractivity contribution in [3.63, 3.8) is 0 Å². The van der Waals surface area contributed by atoms with Crippen LogP contribution in [0.5, 0.6) is 0 Å². The van der Waals surface area contributed by atoms with Gasteiger partial charge in [0, 0.05) is 43.0 Å². The Kier molecular flexibility index (Phi) is 5.77. The van der Waals surface area contributed by atoms with Crippen LogP contribution in [-0.4, -0.2) is 56.8 Å². The maximum atomic E-state index is 13.1. The monoisotopic (exact) mass is 483 g/mol. The van der Waals surface area contributed by atoms with Crippen LogP contribution in [0.3, 0.4) is 0 Å². The van der Waals surface area contributed by atoms with E-state index in [1.54, 1.807) is 4.68 Å². The molecule has 4 aromatic rings. The van der Waals surface area contributed by atoms with Gasteiger partial charge in [-0.3, -0.25) is 4.79 Å². The lowest BCUT2D eigenvalue weighted by Gasteiger charge is -2.29. The molecule has 2 fully saturated rings. The van der Waals surface area contributed by atoms with E-state index >= 15 is 0 Å². The van der Waals surface area contributed by atoms with Crippen molar-refractivity contribution in [2.75, 3.05) is 36.5 Å². The molecule has 1 N–H and O–H groups in total. The number of nitrogens with one attached hydrogen (secondary N) is 1. The van der Waals surface area contributed by atoms with Gasteiger partial charge in [0.05, 0.1) is 37.0 Å². The summed E-state index contributed by atoms with van der Waals surface area (Å²) in [7, 11) is 2.03. The predicted molar refractivity (Wildman–Crippen MR) is 138 cm³/mol. The fourth-order valence-corrected chi connectivity index (χ4v) is 4.68. The quantitative estimate of drug-likeness (QED) is 0.447. The molecule has 2 aliphatic rings. The van der Waals surface area contributed by atoms with Crippen LogP contribution >= 0.6 is 0 Å². The van der Waals surface area contributed by atoms with E-state index in [0.717, 1.165) is 47.2 Å². The largest absolute Gasteiger partial charge is 0.378 e. The van der Waals surface area contributed by atoms with E-state index in [1.165, 1.54) is 12.8 Å². The van der Waals surface area contributed by atoms with Crippen molar-refractivity contribution in [1.82, 2.24) is 24.5 Å². The van der Waals surface area contributed by atoms with Crippen LogP contribution in [0.2, 0.25) is 0 Å². The number of morpholine rings is 1. The average molecular weight is 484 g/mol. The molecule has 0 atom stereocenters. The highest BCUT2D eigenvalue weighted by atomic mass is 16.5. The molecule has 0 unspecified atom stereocenters. The van der Waals surface area contributed by atoms with Crippen LogP contribution in [0.1, 0.15) is 40.5 Å². The molecule has 2 aromatic heterocycles. The summed E-state index contributed by atoms with van der Waals surface area (Å²) in [4.78, 5) is 19.9. The topological polar surface area (TPSA) is 90.1 Å². The van der Waals surface area contributed by atoms with E-state index in [-0.39, 0.29) is 5.91 Å². The number of anilines is 2. The van der Waals surface area contributed by atoms with Gasteiger partial charge in [-0.25, -0.2) is 9.67 Å². The molecule has 1 aliphatic heterocycles. The summed E-state index contributed by atoms with van der Waals surface area (Å²) in [6.45, 7) is 5.08. The smallest absolute Gasteiger partial charge is 0.255 e.